The van der Waals surface area contributed by atoms with Crippen molar-refractivity contribution >= 4 is 0 Å². The summed E-state index contributed by atoms with van der Waals surface area (Å²) in [7, 11) is 0. The molecule has 1 N–H and O–H groups in total. The molecule has 0 radical (unpaired) electrons. The van der Waals surface area contributed by atoms with Crippen LogP contribution in [0.2, 0.25) is 0 Å². The van der Waals surface area contributed by atoms with Crippen LogP contribution in [0, 0.1) is 11.3 Å². The molecule has 0 spiro atoms. The van der Waals surface area contributed by atoms with Crippen LogP contribution >= 0.6 is 0 Å². The highest BCUT2D eigenvalue weighted by Crippen LogP contribution is 2.28. The van der Waals surface area contributed by atoms with Crippen molar-refractivity contribution in [3.63, 3.8) is 0 Å². The van der Waals surface area contributed by atoms with Gasteiger partial charge in [0.1, 0.15) is 0 Å². The summed E-state index contributed by atoms with van der Waals surface area (Å²) in [4.78, 5) is 0. The average Bonchev–Trinajstić information content (AvgIpc) is 1.98. The van der Waals surface area contributed by atoms with Gasteiger partial charge < -0.3 is 5.32 Å². The van der Waals surface area contributed by atoms with E-state index in [0.717, 1.165) is 12.5 Å². The second kappa shape index (κ2) is 5.89. The normalized spacial score (nSPS) is 13.6. The molecule has 0 atom stereocenters. The predicted molar refractivity (Wildman–Crippen MR) is 70.2 cm³/mol. The predicted octanol–water partition coefficient (Wildman–Crippen LogP) is 4.23. The molecule has 0 heterocycles. The van der Waals surface area contributed by atoms with Gasteiger partial charge in [-0.3, -0.25) is 0 Å². The third kappa shape index (κ3) is 10.2. The molecule has 0 aromatic carbocycles. The van der Waals surface area contributed by atoms with Gasteiger partial charge in [0.25, 0.3) is 0 Å². The lowest BCUT2D eigenvalue weighted by Gasteiger charge is -2.28. The summed E-state index contributed by atoms with van der Waals surface area (Å²) >= 11 is 0. The zero-order valence-electron chi connectivity index (χ0n) is 11.9. The van der Waals surface area contributed by atoms with E-state index in [1.807, 2.05) is 0 Å². The van der Waals surface area contributed by atoms with Gasteiger partial charge in [-0.15, -0.1) is 0 Å². The van der Waals surface area contributed by atoms with E-state index in [4.69, 9.17) is 0 Å². The molecule has 0 aliphatic rings. The Bertz CT molecular complexity index is 163. The van der Waals surface area contributed by atoms with Gasteiger partial charge in [0.15, 0.2) is 0 Å². The Morgan fingerprint density at radius 2 is 1.47 bits per heavy atom. The second-order valence-electron chi connectivity index (χ2n) is 7.02. The van der Waals surface area contributed by atoms with Gasteiger partial charge in [0, 0.05) is 5.54 Å². The fourth-order valence-corrected chi connectivity index (χ4v) is 1.58. The largest absolute Gasteiger partial charge is 0.312 e. The van der Waals surface area contributed by atoms with E-state index in [2.05, 4.69) is 53.8 Å². The molecule has 0 aliphatic carbocycles. The second-order valence-corrected chi connectivity index (χ2v) is 7.02. The Labute approximate surface area is 97.0 Å². The maximum Gasteiger partial charge on any atom is 0.00965 e. The molecule has 0 bridgehead atoms. The van der Waals surface area contributed by atoms with Gasteiger partial charge in [0.05, 0.1) is 0 Å². The van der Waals surface area contributed by atoms with Crippen molar-refractivity contribution in [2.24, 2.45) is 11.3 Å². The van der Waals surface area contributed by atoms with E-state index in [1.54, 1.807) is 0 Å². The van der Waals surface area contributed by atoms with Crippen LogP contribution < -0.4 is 5.32 Å². The number of hydrogen-bond donors (Lipinski definition) is 1. The molecule has 1 heteroatoms. The van der Waals surface area contributed by atoms with Gasteiger partial charge >= 0.3 is 0 Å². The highest BCUT2D eigenvalue weighted by molar-refractivity contribution is 4.75. The molecule has 0 unspecified atom stereocenters. The first-order valence-electron chi connectivity index (χ1n) is 6.37. The molecule has 15 heavy (non-hydrogen) atoms. The number of nitrogens with one attached hydrogen (secondary N) is 1. The smallest absolute Gasteiger partial charge is 0.00965 e. The molecule has 0 amide bonds. The maximum atomic E-state index is 3.57. The monoisotopic (exact) mass is 213 g/mol. The van der Waals surface area contributed by atoms with Gasteiger partial charge in [0.2, 0.25) is 0 Å². The molecular formula is C14H31N. The van der Waals surface area contributed by atoms with Crippen molar-refractivity contribution in [1.29, 1.82) is 0 Å². The topological polar surface area (TPSA) is 12.0 Å². The van der Waals surface area contributed by atoms with Crippen LogP contribution in [0.15, 0.2) is 0 Å². The summed E-state index contributed by atoms with van der Waals surface area (Å²) in [5.74, 6) is 0.833. The van der Waals surface area contributed by atoms with E-state index in [0.29, 0.717) is 5.41 Å². The van der Waals surface area contributed by atoms with Crippen LogP contribution in [0.3, 0.4) is 0 Å². The van der Waals surface area contributed by atoms with Crippen LogP contribution in [0.25, 0.3) is 0 Å². The lowest BCUT2D eigenvalue weighted by Crippen LogP contribution is -2.37. The first-order valence-corrected chi connectivity index (χ1v) is 6.37. The Hall–Kier alpha value is -0.0400. The maximum absolute atomic E-state index is 3.57. The van der Waals surface area contributed by atoms with E-state index in [9.17, 15) is 0 Å². The average molecular weight is 213 g/mol. The molecule has 0 saturated heterocycles. The lowest BCUT2D eigenvalue weighted by atomic mass is 9.82. The summed E-state index contributed by atoms with van der Waals surface area (Å²) in [6.07, 6.45) is 3.97. The number of hydrogen-bond acceptors (Lipinski definition) is 1. The third-order valence-corrected chi connectivity index (χ3v) is 2.86. The van der Waals surface area contributed by atoms with Crippen molar-refractivity contribution in [2.75, 3.05) is 6.54 Å². The third-order valence-electron chi connectivity index (χ3n) is 2.86. The molecule has 0 aromatic heterocycles. The first-order chi connectivity index (χ1) is 6.62. The summed E-state index contributed by atoms with van der Waals surface area (Å²) < 4.78 is 0. The standard InChI is InChI=1S/C14H31N/c1-12(2)8-9-14(6,7)10-11-15-13(3,4)5/h12,15H,8-11H2,1-7H3. The lowest BCUT2D eigenvalue weighted by molar-refractivity contribution is 0.265. The molecule has 0 fully saturated rings. The van der Waals surface area contributed by atoms with Gasteiger partial charge in [-0.25, -0.2) is 0 Å². The van der Waals surface area contributed by atoms with Gasteiger partial charge in [-0.1, -0.05) is 34.1 Å². The SMILES string of the molecule is CC(C)CCC(C)(C)CCNC(C)(C)C. The Morgan fingerprint density at radius 1 is 0.933 bits per heavy atom. The van der Waals surface area contributed by atoms with Crippen molar-refractivity contribution < 1.29 is 0 Å². The number of rotatable bonds is 6. The van der Waals surface area contributed by atoms with E-state index >= 15 is 0 Å². The highest BCUT2D eigenvalue weighted by atomic mass is 14.9. The van der Waals surface area contributed by atoms with Gasteiger partial charge in [-0.05, 0) is 51.5 Å². The fourth-order valence-electron chi connectivity index (χ4n) is 1.58. The van der Waals surface area contributed by atoms with Crippen LogP contribution in [-0.2, 0) is 0 Å². The zero-order valence-corrected chi connectivity index (χ0v) is 11.9. The molecule has 92 valence electrons. The van der Waals surface area contributed by atoms with Crippen LogP contribution in [0.1, 0.15) is 67.7 Å². The molecule has 0 aliphatic heterocycles. The van der Waals surface area contributed by atoms with Gasteiger partial charge in [-0.2, -0.15) is 0 Å². The Morgan fingerprint density at radius 3 is 1.87 bits per heavy atom. The van der Waals surface area contributed by atoms with Crippen LogP contribution in [-0.4, -0.2) is 12.1 Å². The van der Waals surface area contributed by atoms with Crippen molar-refractivity contribution in [2.45, 2.75) is 73.3 Å². The van der Waals surface area contributed by atoms with E-state index in [-0.39, 0.29) is 5.54 Å². The first kappa shape index (κ1) is 15.0. The minimum absolute atomic E-state index is 0.258. The van der Waals surface area contributed by atoms with E-state index < -0.39 is 0 Å². The zero-order chi connectivity index (χ0) is 12.1. The minimum Gasteiger partial charge on any atom is -0.312 e. The Balaban J connectivity index is 3.74. The molecule has 0 rings (SSSR count). The summed E-state index contributed by atoms with van der Waals surface area (Å²) in [6, 6.07) is 0. The highest BCUT2D eigenvalue weighted by Gasteiger charge is 2.19. The molecule has 0 saturated carbocycles. The van der Waals surface area contributed by atoms with Crippen molar-refractivity contribution in [3.05, 3.63) is 0 Å². The fraction of sp³-hybridized carbons (Fsp3) is 1.00. The van der Waals surface area contributed by atoms with Crippen LogP contribution in [0.5, 0.6) is 0 Å². The van der Waals surface area contributed by atoms with Crippen LogP contribution in [0.4, 0.5) is 0 Å². The minimum atomic E-state index is 0.258. The molecular weight excluding hydrogens is 182 g/mol. The summed E-state index contributed by atoms with van der Waals surface area (Å²) in [5, 5.41) is 3.57. The molecule has 1 nitrogen and oxygen atoms in total. The summed E-state index contributed by atoms with van der Waals surface area (Å²) in [5.41, 5.74) is 0.747. The van der Waals surface area contributed by atoms with E-state index in [1.165, 1.54) is 19.3 Å². The Kier molecular flexibility index (Phi) is 5.87. The van der Waals surface area contributed by atoms with Crippen molar-refractivity contribution in [3.8, 4) is 0 Å². The molecule has 0 aromatic rings. The van der Waals surface area contributed by atoms with Crippen molar-refractivity contribution in [1.82, 2.24) is 5.32 Å². The summed E-state index contributed by atoms with van der Waals surface area (Å²) in [6.45, 7) is 17.2. The quantitative estimate of drug-likeness (QED) is 0.696.